The molecule has 0 amide bonds. The predicted octanol–water partition coefficient (Wildman–Crippen LogP) is 6.04. The van der Waals surface area contributed by atoms with Crippen LogP contribution in [0, 0.1) is 12.7 Å². The van der Waals surface area contributed by atoms with Crippen LogP contribution < -0.4 is 4.31 Å². The molecule has 0 atom stereocenters. The van der Waals surface area contributed by atoms with E-state index in [9.17, 15) is 17.6 Å². The molecule has 0 saturated heterocycles. The number of rotatable bonds is 7. The number of halogens is 2. The van der Waals surface area contributed by atoms with Crippen LogP contribution in [0.15, 0.2) is 41.3 Å². The fourth-order valence-electron chi connectivity index (χ4n) is 3.45. The molecular weight excluding hydrogens is 487 g/mol. The first-order valence-corrected chi connectivity index (χ1v) is 12.8. The molecule has 2 aromatic carbocycles. The van der Waals surface area contributed by atoms with E-state index in [4.69, 9.17) is 16.3 Å². The number of esters is 1. The summed E-state index contributed by atoms with van der Waals surface area (Å²) >= 11 is 7.33. The summed E-state index contributed by atoms with van der Waals surface area (Å²) < 4.78 is 47.1. The van der Waals surface area contributed by atoms with E-state index < -0.39 is 21.8 Å². The zero-order chi connectivity index (χ0) is 24.5. The van der Waals surface area contributed by atoms with Crippen molar-refractivity contribution in [3.63, 3.8) is 0 Å². The second-order valence-electron chi connectivity index (χ2n) is 7.57. The first-order chi connectivity index (χ1) is 15.5. The summed E-state index contributed by atoms with van der Waals surface area (Å²) in [6.45, 7) is 7.35. The Morgan fingerprint density at radius 3 is 2.58 bits per heavy atom. The van der Waals surface area contributed by atoms with Crippen molar-refractivity contribution in [1.29, 1.82) is 0 Å². The molecule has 3 rings (SSSR count). The van der Waals surface area contributed by atoms with E-state index >= 15 is 0 Å². The van der Waals surface area contributed by atoms with Crippen LogP contribution in [0.2, 0.25) is 5.02 Å². The minimum Gasteiger partial charge on any atom is -0.465 e. The molecule has 0 aliphatic carbocycles. The van der Waals surface area contributed by atoms with E-state index in [1.165, 1.54) is 47.0 Å². The van der Waals surface area contributed by atoms with Crippen LogP contribution in [-0.4, -0.2) is 33.0 Å². The minimum absolute atomic E-state index is 0.00232. The molecule has 0 saturated carbocycles. The van der Waals surface area contributed by atoms with Crippen molar-refractivity contribution in [3.8, 4) is 10.6 Å². The Labute approximate surface area is 202 Å². The molecule has 0 bridgehead atoms. The Balaban J connectivity index is 2.11. The van der Waals surface area contributed by atoms with Gasteiger partial charge in [-0.15, -0.1) is 11.3 Å². The summed E-state index contributed by atoms with van der Waals surface area (Å²) in [5.74, 6) is -0.960. The van der Waals surface area contributed by atoms with Crippen molar-refractivity contribution in [2.24, 2.45) is 0 Å². The standard InChI is InChI=1S/C23H24ClFN2O4S2/c1-6-27(21-14(4)32-22(26-21)17-8-7-9-19(25)20(17)24)33(29,30)15-10-11-16(13(2)3)18(12-15)23(28)31-5/h7-13H,6H2,1-5H3. The Morgan fingerprint density at radius 2 is 1.97 bits per heavy atom. The average Bonchev–Trinajstić information content (AvgIpc) is 3.15. The van der Waals surface area contributed by atoms with Gasteiger partial charge in [0.1, 0.15) is 10.8 Å². The lowest BCUT2D eigenvalue weighted by Crippen LogP contribution is -2.31. The number of thiazole rings is 1. The van der Waals surface area contributed by atoms with E-state index in [0.29, 0.717) is 21.0 Å². The molecule has 0 unspecified atom stereocenters. The number of anilines is 1. The number of carbonyl (C=O) groups is 1. The minimum atomic E-state index is -4.06. The molecule has 0 N–H and O–H groups in total. The van der Waals surface area contributed by atoms with Crippen molar-refractivity contribution in [2.75, 3.05) is 18.0 Å². The number of methoxy groups -OCH3 is 1. The number of aryl methyl sites for hydroxylation is 1. The second kappa shape index (κ2) is 9.79. The number of sulfonamides is 1. The van der Waals surface area contributed by atoms with Gasteiger partial charge in [0.2, 0.25) is 0 Å². The molecule has 0 spiro atoms. The zero-order valence-electron chi connectivity index (χ0n) is 18.8. The van der Waals surface area contributed by atoms with Crippen molar-refractivity contribution >= 4 is 44.7 Å². The largest absolute Gasteiger partial charge is 0.465 e. The molecule has 6 nitrogen and oxygen atoms in total. The summed E-state index contributed by atoms with van der Waals surface area (Å²) in [4.78, 5) is 17.4. The third-order valence-electron chi connectivity index (χ3n) is 5.12. The molecular formula is C23H24ClFN2O4S2. The number of nitrogens with zero attached hydrogens (tertiary/aromatic N) is 2. The van der Waals surface area contributed by atoms with E-state index in [1.807, 2.05) is 13.8 Å². The van der Waals surface area contributed by atoms with Crippen LogP contribution in [0.1, 0.15) is 47.5 Å². The summed E-state index contributed by atoms with van der Waals surface area (Å²) in [5, 5.41) is 0.335. The molecule has 1 heterocycles. The first kappa shape index (κ1) is 25.1. The Kier molecular flexibility index (Phi) is 7.45. The number of hydrogen-bond donors (Lipinski definition) is 0. The summed E-state index contributed by atoms with van der Waals surface area (Å²) in [6.07, 6.45) is 0. The maximum Gasteiger partial charge on any atom is 0.338 e. The number of ether oxygens (including phenoxy) is 1. The normalized spacial score (nSPS) is 11.6. The molecule has 0 radical (unpaired) electrons. The molecule has 0 fully saturated rings. The lowest BCUT2D eigenvalue weighted by atomic mass is 9.97. The number of hydrogen-bond acceptors (Lipinski definition) is 6. The number of aromatic nitrogens is 1. The molecule has 0 aliphatic heterocycles. The van der Waals surface area contributed by atoms with Crippen LogP contribution in [-0.2, 0) is 14.8 Å². The highest BCUT2D eigenvalue weighted by Gasteiger charge is 2.30. The molecule has 3 aromatic rings. The fourth-order valence-corrected chi connectivity index (χ4v) is 6.24. The van der Waals surface area contributed by atoms with E-state index in [-0.39, 0.29) is 33.8 Å². The highest BCUT2D eigenvalue weighted by Crippen LogP contribution is 2.38. The molecule has 33 heavy (non-hydrogen) atoms. The maximum atomic E-state index is 13.9. The van der Waals surface area contributed by atoms with Gasteiger partial charge in [0.25, 0.3) is 10.0 Å². The Bertz CT molecular complexity index is 1310. The highest BCUT2D eigenvalue weighted by molar-refractivity contribution is 7.92. The summed E-state index contributed by atoms with van der Waals surface area (Å²) in [5.41, 5.74) is 1.28. The molecule has 0 aliphatic rings. The van der Waals surface area contributed by atoms with Crippen molar-refractivity contribution in [2.45, 2.75) is 38.5 Å². The van der Waals surface area contributed by atoms with Gasteiger partial charge >= 0.3 is 5.97 Å². The number of carbonyl (C=O) groups excluding carboxylic acids is 1. The maximum absolute atomic E-state index is 13.9. The van der Waals surface area contributed by atoms with Gasteiger partial charge in [0, 0.05) is 17.0 Å². The fraction of sp³-hybridized carbons (Fsp3) is 0.304. The van der Waals surface area contributed by atoms with Crippen LogP contribution in [0.4, 0.5) is 10.2 Å². The molecule has 1 aromatic heterocycles. The van der Waals surface area contributed by atoms with Crippen LogP contribution in [0.25, 0.3) is 10.6 Å². The van der Waals surface area contributed by atoms with Gasteiger partial charge in [-0.2, -0.15) is 0 Å². The van der Waals surface area contributed by atoms with Crippen LogP contribution in [0.5, 0.6) is 0 Å². The van der Waals surface area contributed by atoms with Gasteiger partial charge in [-0.3, -0.25) is 0 Å². The van der Waals surface area contributed by atoms with Gasteiger partial charge in [0.05, 0.1) is 22.6 Å². The quantitative estimate of drug-likeness (QED) is 0.362. The topological polar surface area (TPSA) is 76.6 Å². The summed E-state index contributed by atoms with van der Waals surface area (Å²) in [6, 6.07) is 8.84. The van der Waals surface area contributed by atoms with Crippen molar-refractivity contribution < 1.29 is 22.3 Å². The van der Waals surface area contributed by atoms with Gasteiger partial charge < -0.3 is 4.74 Å². The van der Waals surface area contributed by atoms with Gasteiger partial charge in [0.15, 0.2) is 5.82 Å². The molecule has 176 valence electrons. The van der Waals surface area contributed by atoms with E-state index in [1.54, 1.807) is 26.0 Å². The predicted molar refractivity (Wildman–Crippen MR) is 129 cm³/mol. The third-order valence-corrected chi connectivity index (χ3v) is 8.36. The summed E-state index contributed by atoms with van der Waals surface area (Å²) in [7, 11) is -2.80. The van der Waals surface area contributed by atoms with Crippen LogP contribution in [0.3, 0.4) is 0 Å². The van der Waals surface area contributed by atoms with Crippen LogP contribution >= 0.6 is 22.9 Å². The average molecular weight is 511 g/mol. The van der Waals surface area contributed by atoms with E-state index in [2.05, 4.69) is 4.98 Å². The Morgan fingerprint density at radius 1 is 1.27 bits per heavy atom. The second-order valence-corrected chi connectivity index (χ2v) is 11.0. The first-order valence-electron chi connectivity index (χ1n) is 10.2. The lowest BCUT2D eigenvalue weighted by molar-refractivity contribution is 0.0598. The van der Waals surface area contributed by atoms with Gasteiger partial charge in [-0.05, 0) is 43.5 Å². The zero-order valence-corrected chi connectivity index (χ0v) is 21.2. The van der Waals surface area contributed by atoms with Gasteiger partial charge in [-0.1, -0.05) is 43.6 Å². The molecule has 10 heteroatoms. The Hall–Kier alpha value is -2.49. The number of benzene rings is 2. The third kappa shape index (κ3) is 4.76. The monoisotopic (exact) mass is 510 g/mol. The highest BCUT2D eigenvalue weighted by atomic mass is 35.5. The smallest absolute Gasteiger partial charge is 0.338 e. The lowest BCUT2D eigenvalue weighted by Gasteiger charge is -2.22. The SMILES string of the molecule is CCN(c1nc(-c2cccc(F)c2Cl)sc1C)S(=O)(=O)c1ccc(C(C)C)c(C(=O)OC)c1. The van der Waals surface area contributed by atoms with Gasteiger partial charge in [-0.25, -0.2) is 26.9 Å². The van der Waals surface area contributed by atoms with Crippen molar-refractivity contribution in [3.05, 3.63) is 63.2 Å². The van der Waals surface area contributed by atoms with Crippen molar-refractivity contribution in [1.82, 2.24) is 4.98 Å². The van der Waals surface area contributed by atoms with E-state index in [0.717, 1.165) is 0 Å².